The summed E-state index contributed by atoms with van der Waals surface area (Å²) in [6, 6.07) is -0.769. The fourth-order valence-corrected chi connectivity index (χ4v) is 10.6. The van der Waals surface area contributed by atoms with Gasteiger partial charge in [0, 0.05) is 6.42 Å². The third-order valence-corrected chi connectivity index (χ3v) is 16.0. The van der Waals surface area contributed by atoms with E-state index in [1.54, 1.807) is 0 Å². The van der Waals surface area contributed by atoms with Crippen LogP contribution in [0.1, 0.15) is 316 Å². The minimum Gasteiger partial charge on any atom is -0.391 e. The van der Waals surface area contributed by atoms with Crippen molar-refractivity contribution in [1.29, 1.82) is 0 Å². The van der Waals surface area contributed by atoms with Crippen molar-refractivity contribution in [1.82, 2.24) is 5.32 Å². The predicted octanol–water partition coefficient (Wildman–Crippen LogP) is 20.8. The van der Waals surface area contributed by atoms with Crippen molar-refractivity contribution in [3.05, 3.63) is 60.8 Å². The first-order valence-electron chi connectivity index (χ1n) is 33.2. The molecule has 3 unspecified atom stereocenters. The Morgan fingerprint density at radius 3 is 1.14 bits per heavy atom. The van der Waals surface area contributed by atoms with Gasteiger partial charge in [0.05, 0.1) is 39.9 Å². The molecule has 0 aromatic carbocycles. The molecule has 0 radical (unpaired) electrons. The summed E-state index contributed by atoms with van der Waals surface area (Å²) < 4.78 is 23.9. The molecule has 0 spiro atoms. The van der Waals surface area contributed by atoms with E-state index in [2.05, 4.69) is 79.9 Å². The molecule has 0 aromatic rings. The van der Waals surface area contributed by atoms with Crippen LogP contribution in [0.3, 0.4) is 0 Å². The zero-order chi connectivity index (χ0) is 56.3. The van der Waals surface area contributed by atoms with Crippen molar-refractivity contribution in [3.8, 4) is 0 Å². The van der Waals surface area contributed by atoms with Crippen LogP contribution in [0.25, 0.3) is 0 Å². The smallest absolute Gasteiger partial charge is 0.391 e. The van der Waals surface area contributed by atoms with Crippen LogP contribution in [-0.4, -0.2) is 73.4 Å². The van der Waals surface area contributed by atoms with Gasteiger partial charge in [0.25, 0.3) is 0 Å². The van der Waals surface area contributed by atoms with Crippen molar-refractivity contribution >= 4 is 13.7 Å². The normalized spacial score (nSPS) is 14.1. The Balaban J connectivity index is 4.08. The number of hydrogen-bond donors (Lipinski definition) is 3. The molecule has 0 aliphatic carbocycles. The highest BCUT2D eigenvalue weighted by atomic mass is 31.2. The number of amides is 1. The second-order valence-electron chi connectivity index (χ2n) is 23.8. The highest BCUT2D eigenvalue weighted by Gasteiger charge is 2.28. The molecule has 0 heterocycles. The van der Waals surface area contributed by atoms with Crippen molar-refractivity contribution in [2.45, 2.75) is 328 Å². The van der Waals surface area contributed by atoms with Crippen LogP contribution in [0.2, 0.25) is 0 Å². The Morgan fingerprint density at radius 2 is 0.779 bits per heavy atom. The number of unbranched alkanes of at least 4 members (excludes halogenated alkanes) is 38. The number of aliphatic hydroxyl groups is 1. The number of nitrogens with one attached hydrogen (secondary N) is 1. The first kappa shape index (κ1) is 75.2. The van der Waals surface area contributed by atoms with Crippen LogP contribution in [0.4, 0.5) is 0 Å². The summed E-state index contributed by atoms with van der Waals surface area (Å²) in [6.45, 7) is 4.81. The molecule has 3 atom stereocenters. The van der Waals surface area contributed by atoms with Gasteiger partial charge in [0.1, 0.15) is 13.2 Å². The Hall–Kier alpha value is -1.80. The molecular weight excluding hydrogens is 972 g/mol. The molecule has 8 nitrogen and oxygen atoms in total. The number of quaternary nitrogens is 1. The van der Waals surface area contributed by atoms with Crippen LogP contribution in [-0.2, 0) is 18.4 Å². The third-order valence-electron chi connectivity index (χ3n) is 15.0. The molecule has 0 aliphatic heterocycles. The van der Waals surface area contributed by atoms with Crippen LogP contribution in [0.15, 0.2) is 60.8 Å². The molecule has 0 aromatic heterocycles. The van der Waals surface area contributed by atoms with Gasteiger partial charge in [-0.1, -0.05) is 312 Å². The highest BCUT2D eigenvalue weighted by molar-refractivity contribution is 7.47. The summed E-state index contributed by atoms with van der Waals surface area (Å²) in [5.41, 5.74) is 0. The molecule has 0 rings (SSSR count). The number of phosphoric acid groups is 1. The van der Waals surface area contributed by atoms with E-state index in [0.717, 1.165) is 77.0 Å². The molecule has 77 heavy (non-hydrogen) atoms. The van der Waals surface area contributed by atoms with E-state index in [1.807, 2.05) is 21.1 Å². The van der Waals surface area contributed by atoms with Crippen molar-refractivity contribution in [3.63, 3.8) is 0 Å². The van der Waals surface area contributed by atoms with E-state index in [9.17, 15) is 19.4 Å². The minimum atomic E-state index is -4.33. The van der Waals surface area contributed by atoms with Crippen LogP contribution in [0, 0.1) is 0 Å². The summed E-state index contributed by atoms with van der Waals surface area (Å²) >= 11 is 0. The lowest BCUT2D eigenvalue weighted by molar-refractivity contribution is -0.870. The van der Waals surface area contributed by atoms with Gasteiger partial charge < -0.3 is 19.8 Å². The summed E-state index contributed by atoms with van der Waals surface area (Å²) in [4.78, 5) is 23.4. The third kappa shape index (κ3) is 61.7. The summed E-state index contributed by atoms with van der Waals surface area (Å²) in [6.07, 6.45) is 80.2. The monoisotopic (exact) mass is 1100 g/mol. The molecule has 1 amide bonds. The molecular formula is C68H130N2O6P+. The lowest BCUT2D eigenvalue weighted by atomic mass is 10.0. The van der Waals surface area contributed by atoms with Crippen molar-refractivity contribution in [2.24, 2.45) is 0 Å². The number of phosphoric ester groups is 1. The summed E-state index contributed by atoms with van der Waals surface area (Å²) in [7, 11) is 1.62. The van der Waals surface area contributed by atoms with E-state index in [-0.39, 0.29) is 19.1 Å². The molecule has 0 saturated heterocycles. The number of carbonyl (C=O) groups is 1. The van der Waals surface area contributed by atoms with Gasteiger partial charge >= 0.3 is 7.82 Å². The largest absolute Gasteiger partial charge is 0.472 e. The van der Waals surface area contributed by atoms with Gasteiger partial charge in [-0.25, -0.2) is 4.57 Å². The van der Waals surface area contributed by atoms with E-state index in [0.29, 0.717) is 23.9 Å². The van der Waals surface area contributed by atoms with E-state index in [4.69, 9.17) is 9.05 Å². The van der Waals surface area contributed by atoms with Crippen molar-refractivity contribution < 1.29 is 32.9 Å². The lowest BCUT2D eigenvalue weighted by Crippen LogP contribution is -2.46. The van der Waals surface area contributed by atoms with Gasteiger partial charge in [-0.2, -0.15) is 0 Å². The van der Waals surface area contributed by atoms with Crippen LogP contribution in [0.5, 0.6) is 0 Å². The number of carbonyl (C=O) groups excluding carboxylic acids is 1. The van der Waals surface area contributed by atoms with Gasteiger partial charge in [-0.15, -0.1) is 0 Å². The zero-order valence-corrected chi connectivity index (χ0v) is 52.6. The average molecular weight is 1100 g/mol. The fourth-order valence-electron chi connectivity index (χ4n) is 9.90. The summed E-state index contributed by atoms with van der Waals surface area (Å²) in [5, 5.41) is 14.1. The Labute approximate surface area is 479 Å². The number of likely N-dealkylation sites (N-methyl/N-ethyl adjacent to an activating group) is 1. The number of rotatable bonds is 61. The first-order valence-corrected chi connectivity index (χ1v) is 34.6. The Morgan fingerprint density at radius 1 is 0.455 bits per heavy atom. The lowest BCUT2D eigenvalue weighted by Gasteiger charge is -2.26. The maximum Gasteiger partial charge on any atom is 0.472 e. The first-order chi connectivity index (χ1) is 37.5. The maximum atomic E-state index is 13.1. The fraction of sp³-hybridized carbons (Fsp3) is 0.838. The maximum absolute atomic E-state index is 13.1. The van der Waals surface area contributed by atoms with Crippen LogP contribution >= 0.6 is 7.82 Å². The molecule has 0 saturated carbocycles. The van der Waals surface area contributed by atoms with Gasteiger partial charge in [-0.05, 0) is 57.8 Å². The quantitative estimate of drug-likeness (QED) is 0.0243. The van der Waals surface area contributed by atoms with E-state index < -0.39 is 20.0 Å². The van der Waals surface area contributed by atoms with Gasteiger partial charge in [0.15, 0.2) is 0 Å². The van der Waals surface area contributed by atoms with Gasteiger partial charge in [-0.3, -0.25) is 13.8 Å². The number of aliphatic hydroxyl groups excluding tert-OH is 1. The molecule has 0 aliphatic rings. The summed E-state index contributed by atoms with van der Waals surface area (Å²) in [5.74, 6) is -0.148. The minimum absolute atomic E-state index is 0.0718. The molecule has 0 bridgehead atoms. The standard InChI is InChI=1S/C68H129N2O6P/c1-6-8-10-12-14-16-18-20-22-24-26-28-30-32-33-34-35-36-38-39-41-43-45-47-49-51-53-55-57-59-61-67(71)66(65-76-77(73,74)75-64-63-70(3,4)5)69-68(72)62-60-58-56-54-52-50-48-46-44-42-40-37-31-29-27-25-23-21-19-17-15-13-11-9-7-2/h9,11,15,17,21,23,27,29,37,40,66-67,71H,6-8,10,12-14,16,18-20,22,24-26,28,30-36,38-39,41-65H2,1-5H3,(H-,69,72,73,74)/p+1/b11-9-,17-15-,23-21-,29-27-,40-37-. The Bertz CT molecular complexity index is 1440. The van der Waals surface area contributed by atoms with E-state index in [1.165, 1.54) is 212 Å². The average Bonchev–Trinajstić information content (AvgIpc) is 3.39. The van der Waals surface area contributed by atoms with Crippen LogP contribution < -0.4 is 5.32 Å². The second-order valence-corrected chi connectivity index (χ2v) is 25.3. The molecule has 9 heteroatoms. The highest BCUT2D eigenvalue weighted by Crippen LogP contribution is 2.43. The second kappa shape index (κ2) is 58.8. The Kier molecular flexibility index (Phi) is 57.5. The SMILES string of the molecule is CC/C=C\C/C=C\C/C=C\C/C=C\C/C=C\CCCCCCCCCCCC(=O)NC(COP(=O)(O)OCC[N+](C)(C)C)C(O)CCCCCCCCCCCCCCCCCCCCCCCCCCCCCCCC. The zero-order valence-electron chi connectivity index (χ0n) is 51.7. The molecule has 3 N–H and O–H groups in total. The number of allylic oxidation sites excluding steroid dienone is 10. The van der Waals surface area contributed by atoms with Gasteiger partial charge in [0.2, 0.25) is 5.91 Å². The molecule has 452 valence electrons. The van der Waals surface area contributed by atoms with E-state index >= 15 is 0 Å². The number of hydrogen-bond acceptors (Lipinski definition) is 5. The predicted molar refractivity (Wildman–Crippen MR) is 337 cm³/mol. The topological polar surface area (TPSA) is 105 Å². The number of nitrogens with zero attached hydrogens (tertiary/aromatic N) is 1. The van der Waals surface area contributed by atoms with Crippen molar-refractivity contribution in [2.75, 3.05) is 40.9 Å². The molecule has 0 fully saturated rings.